The molecule has 1 aromatic carbocycles. The highest BCUT2D eigenvalue weighted by Crippen LogP contribution is 2.14. The summed E-state index contributed by atoms with van der Waals surface area (Å²) in [6, 6.07) is 11.9. The number of rotatable bonds is 9. The maximum Gasteiger partial charge on any atom is 0.326 e. The summed E-state index contributed by atoms with van der Waals surface area (Å²) in [6.45, 7) is 1.99. The van der Waals surface area contributed by atoms with Crippen LogP contribution in [-0.2, 0) is 22.4 Å². The van der Waals surface area contributed by atoms with Crippen molar-refractivity contribution in [2.75, 3.05) is 19.0 Å². The Morgan fingerprint density at radius 1 is 1.21 bits per heavy atom. The second-order valence-electron chi connectivity index (χ2n) is 5.95. The van der Waals surface area contributed by atoms with Crippen molar-refractivity contribution in [2.45, 2.75) is 25.8 Å². The van der Waals surface area contributed by atoms with Gasteiger partial charge in [-0.2, -0.15) is 0 Å². The number of aromatic nitrogens is 1. The highest BCUT2D eigenvalue weighted by molar-refractivity contribution is 5.96. The highest BCUT2D eigenvalue weighted by atomic mass is 16.5. The molecule has 0 bridgehead atoms. The third kappa shape index (κ3) is 6.65. The second kappa shape index (κ2) is 10.6. The maximum atomic E-state index is 11.5. The van der Waals surface area contributed by atoms with Gasteiger partial charge in [0, 0.05) is 25.6 Å². The van der Waals surface area contributed by atoms with Crippen molar-refractivity contribution >= 4 is 17.7 Å². The lowest BCUT2D eigenvalue weighted by molar-refractivity contribution is -0.141. The van der Waals surface area contributed by atoms with E-state index in [0.717, 1.165) is 17.1 Å². The Balaban J connectivity index is 1.88. The number of benzene rings is 1. The smallest absolute Gasteiger partial charge is 0.326 e. The molecule has 0 aliphatic rings. The molecule has 0 saturated heterocycles. The van der Waals surface area contributed by atoms with E-state index in [1.165, 1.54) is 6.92 Å². The maximum absolute atomic E-state index is 11.5. The molecule has 1 amide bonds. The van der Waals surface area contributed by atoms with Crippen molar-refractivity contribution in [1.82, 2.24) is 10.3 Å². The first-order valence-electron chi connectivity index (χ1n) is 8.83. The normalized spacial score (nSPS) is 10.9. The van der Waals surface area contributed by atoms with Gasteiger partial charge < -0.3 is 20.5 Å². The van der Waals surface area contributed by atoms with E-state index in [9.17, 15) is 14.7 Å². The molecule has 0 aliphatic heterocycles. The summed E-state index contributed by atoms with van der Waals surface area (Å²) in [6.07, 6.45) is 0.830. The number of hydrogen-bond acceptors (Lipinski definition) is 5. The average Bonchev–Trinajstić information content (AvgIpc) is 2.69. The van der Waals surface area contributed by atoms with Crippen LogP contribution in [-0.4, -0.2) is 41.7 Å². The lowest BCUT2D eigenvalue weighted by Crippen LogP contribution is -2.41. The molecule has 1 heterocycles. The minimum absolute atomic E-state index is 0.160. The Morgan fingerprint density at radius 2 is 1.96 bits per heavy atom. The predicted molar refractivity (Wildman–Crippen MR) is 106 cm³/mol. The number of nitrogens with zero attached hydrogens (tertiary/aromatic N) is 1. The topological polar surface area (TPSA) is 101 Å². The van der Waals surface area contributed by atoms with Gasteiger partial charge >= 0.3 is 5.97 Å². The summed E-state index contributed by atoms with van der Waals surface area (Å²) in [7, 11) is 1.82. The molecule has 0 saturated carbocycles. The molecule has 7 heteroatoms. The first kappa shape index (κ1) is 20.8. The molecule has 1 aromatic heterocycles. The minimum Gasteiger partial charge on any atom is -0.493 e. The van der Waals surface area contributed by atoms with E-state index in [1.807, 2.05) is 25.2 Å². The lowest BCUT2D eigenvalue weighted by atomic mass is 10.1. The van der Waals surface area contributed by atoms with Crippen molar-refractivity contribution < 1.29 is 19.4 Å². The fraction of sp³-hybridized carbons (Fsp3) is 0.286. The van der Waals surface area contributed by atoms with Gasteiger partial charge in [-0.1, -0.05) is 24.1 Å². The van der Waals surface area contributed by atoms with Crippen LogP contribution in [0.2, 0.25) is 0 Å². The SMILES string of the molecule is CC#CC(=O)N[C@@H](Cc1ccc(OCCc2cccc(NC)n2)cc1)C(=O)O. The van der Waals surface area contributed by atoms with Gasteiger partial charge in [-0.3, -0.25) is 4.79 Å². The van der Waals surface area contributed by atoms with Crippen LogP contribution in [0.1, 0.15) is 18.2 Å². The summed E-state index contributed by atoms with van der Waals surface area (Å²) >= 11 is 0. The molecule has 2 rings (SSSR count). The van der Waals surface area contributed by atoms with E-state index in [0.29, 0.717) is 18.8 Å². The minimum atomic E-state index is -1.11. The molecule has 7 nitrogen and oxygen atoms in total. The summed E-state index contributed by atoms with van der Waals surface area (Å²) in [5.41, 5.74) is 1.70. The number of carboxylic acids is 1. The third-order valence-corrected chi connectivity index (χ3v) is 3.89. The molecule has 28 heavy (non-hydrogen) atoms. The monoisotopic (exact) mass is 381 g/mol. The Hall–Kier alpha value is -3.53. The standard InChI is InChI=1S/C21H23N3O4/c1-3-5-20(25)24-18(21(26)27)14-15-8-10-17(11-9-15)28-13-12-16-6-4-7-19(22-2)23-16/h4,6-11,18H,12-14H2,1-2H3,(H,22,23)(H,24,25)(H,26,27)/t18-/m0/s1. The van der Waals surface area contributed by atoms with Gasteiger partial charge in [-0.15, -0.1) is 0 Å². The Kier molecular flexibility index (Phi) is 7.85. The second-order valence-corrected chi connectivity index (χ2v) is 5.95. The van der Waals surface area contributed by atoms with Gasteiger partial charge in [0.2, 0.25) is 0 Å². The zero-order valence-electron chi connectivity index (χ0n) is 15.9. The van der Waals surface area contributed by atoms with Gasteiger partial charge in [0.15, 0.2) is 0 Å². The summed E-state index contributed by atoms with van der Waals surface area (Å²) in [5.74, 6) is 4.50. The van der Waals surface area contributed by atoms with E-state index >= 15 is 0 Å². The first-order chi connectivity index (χ1) is 13.5. The van der Waals surface area contributed by atoms with Crippen molar-refractivity contribution in [2.24, 2.45) is 0 Å². The van der Waals surface area contributed by atoms with E-state index in [4.69, 9.17) is 4.74 Å². The predicted octanol–water partition coefficient (Wildman–Crippen LogP) is 1.88. The Labute approximate surface area is 164 Å². The lowest BCUT2D eigenvalue weighted by Gasteiger charge is -2.13. The van der Waals surface area contributed by atoms with Crippen molar-refractivity contribution in [3.05, 3.63) is 53.7 Å². The number of pyridine rings is 1. The van der Waals surface area contributed by atoms with Gasteiger partial charge in [0.05, 0.1) is 6.61 Å². The summed E-state index contributed by atoms with van der Waals surface area (Å²) in [4.78, 5) is 27.3. The molecule has 0 fully saturated rings. The molecule has 146 valence electrons. The number of aliphatic carboxylic acids is 1. The number of hydrogen-bond donors (Lipinski definition) is 3. The quantitative estimate of drug-likeness (QED) is 0.574. The molecular weight excluding hydrogens is 358 g/mol. The van der Waals surface area contributed by atoms with E-state index < -0.39 is 17.9 Å². The third-order valence-electron chi connectivity index (χ3n) is 3.89. The van der Waals surface area contributed by atoms with Crippen molar-refractivity contribution in [3.63, 3.8) is 0 Å². The number of carbonyl (C=O) groups excluding carboxylic acids is 1. The summed E-state index contributed by atoms with van der Waals surface area (Å²) in [5, 5.41) is 14.7. The van der Waals surface area contributed by atoms with Crippen LogP contribution in [0.3, 0.4) is 0 Å². The molecule has 0 aliphatic carbocycles. The van der Waals surface area contributed by atoms with E-state index in [2.05, 4.69) is 27.5 Å². The number of anilines is 1. The van der Waals surface area contributed by atoms with E-state index in [1.54, 1.807) is 24.3 Å². The molecule has 3 N–H and O–H groups in total. The zero-order valence-corrected chi connectivity index (χ0v) is 15.9. The molecule has 0 spiro atoms. The molecule has 1 atom stereocenters. The molecule has 0 unspecified atom stereocenters. The van der Waals surface area contributed by atoms with Crippen molar-refractivity contribution in [3.8, 4) is 17.6 Å². The van der Waals surface area contributed by atoms with Crippen LogP contribution in [0, 0.1) is 11.8 Å². The molecular formula is C21H23N3O4. The van der Waals surface area contributed by atoms with Gasteiger partial charge in [-0.25, -0.2) is 9.78 Å². The molecule has 2 aromatic rings. The number of carbonyl (C=O) groups is 2. The fourth-order valence-corrected chi connectivity index (χ4v) is 2.50. The van der Waals surface area contributed by atoms with Crippen LogP contribution in [0.15, 0.2) is 42.5 Å². The van der Waals surface area contributed by atoms with E-state index in [-0.39, 0.29) is 6.42 Å². The number of carboxylic acid groups (broad SMARTS) is 1. The van der Waals surface area contributed by atoms with Gasteiger partial charge in [0.1, 0.15) is 17.6 Å². The number of nitrogens with one attached hydrogen (secondary N) is 2. The molecule has 0 radical (unpaired) electrons. The largest absolute Gasteiger partial charge is 0.493 e. The Bertz CT molecular complexity index is 869. The van der Waals surface area contributed by atoms with Crippen molar-refractivity contribution in [1.29, 1.82) is 0 Å². The number of ether oxygens (including phenoxy) is 1. The first-order valence-corrected chi connectivity index (χ1v) is 8.83. The fourth-order valence-electron chi connectivity index (χ4n) is 2.50. The zero-order chi connectivity index (χ0) is 20.4. The summed E-state index contributed by atoms with van der Waals surface area (Å²) < 4.78 is 5.72. The van der Waals surface area contributed by atoms with Crippen LogP contribution >= 0.6 is 0 Å². The van der Waals surface area contributed by atoms with Crippen LogP contribution in [0.4, 0.5) is 5.82 Å². The van der Waals surface area contributed by atoms with Crippen LogP contribution in [0.25, 0.3) is 0 Å². The van der Waals surface area contributed by atoms with Gasteiger partial charge in [0.25, 0.3) is 5.91 Å². The number of amides is 1. The van der Waals surface area contributed by atoms with Gasteiger partial charge in [-0.05, 0) is 42.7 Å². The Morgan fingerprint density at radius 3 is 2.61 bits per heavy atom. The highest BCUT2D eigenvalue weighted by Gasteiger charge is 2.19. The van der Waals surface area contributed by atoms with Crippen LogP contribution in [0.5, 0.6) is 5.75 Å². The van der Waals surface area contributed by atoms with Crippen LogP contribution < -0.4 is 15.4 Å². The average molecular weight is 381 g/mol.